The van der Waals surface area contributed by atoms with Gasteiger partial charge in [-0.15, -0.1) is 0 Å². The smallest absolute Gasteiger partial charge is 0.323 e. The summed E-state index contributed by atoms with van der Waals surface area (Å²) >= 11 is 0. The number of nitriles is 1. The lowest BCUT2D eigenvalue weighted by Gasteiger charge is -2.23. The Morgan fingerprint density at radius 3 is 3.00 bits per heavy atom. The summed E-state index contributed by atoms with van der Waals surface area (Å²) in [6, 6.07) is 7.20. The van der Waals surface area contributed by atoms with Crippen LogP contribution < -0.4 is 14.8 Å². The number of nitrogens with zero attached hydrogens (tertiary/aromatic N) is 1. The fourth-order valence-corrected chi connectivity index (χ4v) is 3.05. The van der Waals surface area contributed by atoms with Gasteiger partial charge in [-0.1, -0.05) is 6.07 Å². The van der Waals surface area contributed by atoms with Gasteiger partial charge in [0.15, 0.2) is 11.5 Å². The molecule has 0 radical (unpaired) electrons. The topological polar surface area (TPSA) is 80.6 Å². The first-order valence-electron chi connectivity index (χ1n) is 7.31. The van der Waals surface area contributed by atoms with Gasteiger partial charge in [-0.25, -0.2) is 0 Å². The second kappa shape index (κ2) is 5.50. The van der Waals surface area contributed by atoms with Crippen LogP contribution in [0.25, 0.3) is 0 Å². The van der Waals surface area contributed by atoms with E-state index in [0.29, 0.717) is 24.5 Å². The number of hydrogen-bond acceptors (Lipinski definition) is 6. The Bertz CT molecular complexity index is 640. The number of ether oxygens (including phenoxy) is 3. The highest BCUT2D eigenvalue weighted by Gasteiger charge is 2.48. The van der Waals surface area contributed by atoms with Crippen LogP contribution in [0.4, 0.5) is 0 Å². The number of benzene rings is 1. The van der Waals surface area contributed by atoms with Gasteiger partial charge in [0.2, 0.25) is 6.79 Å². The fraction of sp³-hybridized carbons (Fsp3) is 0.500. The van der Waals surface area contributed by atoms with Crippen molar-refractivity contribution >= 4 is 5.97 Å². The summed E-state index contributed by atoms with van der Waals surface area (Å²) in [5.41, 5.74) is 0.214. The Hall–Kier alpha value is -2.26. The molecule has 1 aromatic rings. The van der Waals surface area contributed by atoms with Crippen LogP contribution in [-0.4, -0.2) is 25.4 Å². The van der Waals surface area contributed by atoms with E-state index in [4.69, 9.17) is 14.2 Å². The predicted molar refractivity (Wildman–Crippen MR) is 77.2 cm³/mol. The highest BCUT2D eigenvalue weighted by Crippen LogP contribution is 2.45. The van der Waals surface area contributed by atoms with Crippen molar-refractivity contribution in [3.8, 4) is 17.6 Å². The molecular formula is C16H18N2O4. The van der Waals surface area contributed by atoms with E-state index in [-0.39, 0.29) is 18.8 Å². The molecule has 0 saturated carbocycles. The lowest BCUT2D eigenvalue weighted by molar-refractivity contribution is -0.145. The lowest BCUT2D eigenvalue weighted by atomic mass is 9.80. The second-order valence-corrected chi connectivity index (χ2v) is 5.75. The van der Waals surface area contributed by atoms with Gasteiger partial charge in [0, 0.05) is 0 Å². The summed E-state index contributed by atoms with van der Waals surface area (Å²) in [5, 5.41) is 12.8. The molecule has 3 rings (SSSR count). The molecule has 1 fully saturated rings. The van der Waals surface area contributed by atoms with Crippen molar-refractivity contribution in [1.82, 2.24) is 5.32 Å². The van der Waals surface area contributed by atoms with Crippen LogP contribution in [0.5, 0.6) is 11.5 Å². The van der Waals surface area contributed by atoms with Crippen LogP contribution >= 0.6 is 0 Å². The van der Waals surface area contributed by atoms with Crippen molar-refractivity contribution in [2.45, 2.75) is 32.4 Å². The minimum atomic E-state index is -0.689. The average molecular weight is 302 g/mol. The van der Waals surface area contributed by atoms with Crippen LogP contribution in [0.3, 0.4) is 0 Å². The zero-order chi connectivity index (χ0) is 15.7. The summed E-state index contributed by atoms with van der Waals surface area (Å²) in [7, 11) is 0. The molecule has 0 spiro atoms. The summed E-state index contributed by atoms with van der Waals surface area (Å²) in [6.07, 6.45) is 0.418. The molecule has 0 aromatic heterocycles. The van der Waals surface area contributed by atoms with Crippen LogP contribution in [0, 0.1) is 16.7 Å². The lowest BCUT2D eigenvalue weighted by Crippen LogP contribution is -2.34. The Balaban J connectivity index is 1.88. The number of hydrogen-bond donors (Lipinski definition) is 1. The highest BCUT2D eigenvalue weighted by atomic mass is 16.7. The van der Waals surface area contributed by atoms with Crippen molar-refractivity contribution in [3.05, 3.63) is 23.8 Å². The van der Waals surface area contributed by atoms with Gasteiger partial charge in [0.05, 0.1) is 24.1 Å². The van der Waals surface area contributed by atoms with Crippen LogP contribution in [-0.2, 0) is 9.53 Å². The van der Waals surface area contributed by atoms with Gasteiger partial charge in [0.1, 0.15) is 6.04 Å². The Kier molecular flexibility index (Phi) is 3.67. The number of carbonyl (C=O) groups is 1. The van der Waals surface area contributed by atoms with E-state index >= 15 is 0 Å². The minimum Gasteiger partial charge on any atom is -0.465 e. The van der Waals surface area contributed by atoms with Crippen LogP contribution in [0.1, 0.15) is 31.9 Å². The van der Waals surface area contributed by atoms with Crippen LogP contribution in [0.2, 0.25) is 0 Å². The molecule has 2 heterocycles. The Labute approximate surface area is 129 Å². The SMILES string of the molecule is CCOC(=O)[C@@H]1C[C@](C)(C#N)[C@H](c2ccc3c(c2)OCO3)N1. The van der Waals surface area contributed by atoms with E-state index in [1.807, 2.05) is 25.1 Å². The summed E-state index contributed by atoms with van der Waals surface area (Å²) in [5.74, 6) is 1.05. The van der Waals surface area contributed by atoms with E-state index in [9.17, 15) is 10.1 Å². The molecule has 0 aliphatic carbocycles. The van der Waals surface area contributed by atoms with Gasteiger partial charge in [-0.3, -0.25) is 10.1 Å². The molecule has 6 heteroatoms. The zero-order valence-electron chi connectivity index (χ0n) is 12.6. The van der Waals surface area contributed by atoms with E-state index in [2.05, 4.69) is 11.4 Å². The maximum Gasteiger partial charge on any atom is 0.323 e. The standard InChI is InChI=1S/C16H18N2O4/c1-3-20-15(19)11-7-16(2,8-17)14(18-11)10-4-5-12-13(6-10)22-9-21-12/h4-6,11,14,18H,3,7,9H2,1-2H3/t11-,14-,16+/m0/s1. The van der Waals surface area contributed by atoms with Crippen molar-refractivity contribution in [3.63, 3.8) is 0 Å². The molecule has 2 aliphatic rings. The Morgan fingerprint density at radius 1 is 1.50 bits per heavy atom. The molecular weight excluding hydrogens is 284 g/mol. The van der Waals surface area contributed by atoms with E-state index in [1.165, 1.54) is 0 Å². The maximum atomic E-state index is 12.0. The van der Waals surface area contributed by atoms with Crippen LogP contribution in [0.15, 0.2) is 18.2 Å². The molecule has 116 valence electrons. The molecule has 1 saturated heterocycles. The number of esters is 1. The van der Waals surface area contributed by atoms with E-state index in [1.54, 1.807) is 6.92 Å². The number of fused-ring (bicyclic) bond motifs is 1. The molecule has 6 nitrogen and oxygen atoms in total. The fourth-order valence-electron chi connectivity index (χ4n) is 3.05. The normalized spacial score (nSPS) is 29.1. The molecule has 1 aromatic carbocycles. The van der Waals surface area contributed by atoms with Gasteiger partial charge < -0.3 is 14.2 Å². The first-order valence-corrected chi connectivity index (χ1v) is 7.31. The molecule has 2 aliphatic heterocycles. The first-order chi connectivity index (χ1) is 10.6. The number of carbonyl (C=O) groups excluding carboxylic acids is 1. The molecule has 0 bridgehead atoms. The zero-order valence-corrected chi connectivity index (χ0v) is 12.6. The number of nitrogens with one attached hydrogen (secondary N) is 1. The van der Waals surface area contributed by atoms with Crippen molar-refractivity contribution in [1.29, 1.82) is 5.26 Å². The predicted octanol–water partition coefficient (Wildman–Crippen LogP) is 1.91. The quantitative estimate of drug-likeness (QED) is 0.859. The summed E-state index contributed by atoms with van der Waals surface area (Å²) in [4.78, 5) is 12.0. The van der Waals surface area contributed by atoms with Crippen molar-refractivity contribution in [2.75, 3.05) is 13.4 Å². The van der Waals surface area contributed by atoms with Gasteiger partial charge in [0.25, 0.3) is 0 Å². The van der Waals surface area contributed by atoms with E-state index < -0.39 is 11.5 Å². The monoisotopic (exact) mass is 302 g/mol. The Morgan fingerprint density at radius 2 is 2.27 bits per heavy atom. The molecule has 3 atom stereocenters. The minimum absolute atomic E-state index is 0.206. The molecule has 0 amide bonds. The second-order valence-electron chi connectivity index (χ2n) is 5.75. The van der Waals surface area contributed by atoms with Crippen molar-refractivity contribution in [2.24, 2.45) is 5.41 Å². The third-order valence-corrected chi connectivity index (χ3v) is 4.19. The molecule has 0 unspecified atom stereocenters. The van der Waals surface area contributed by atoms with Gasteiger partial charge >= 0.3 is 5.97 Å². The summed E-state index contributed by atoms with van der Waals surface area (Å²) < 4.78 is 15.8. The highest BCUT2D eigenvalue weighted by molar-refractivity contribution is 5.76. The average Bonchev–Trinajstić information content (AvgIpc) is 3.11. The summed E-state index contributed by atoms with van der Waals surface area (Å²) in [6.45, 7) is 4.16. The van der Waals surface area contributed by atoms with E-state index in [0.717, 1.165) is 5.56 Å². The third-order valence-electron chi connectivity index (χ3n) is 4.19. The molecule has 1 N–H and O–H groups in total. The molecule has 22 heavy (non-hydrogen) atoms. The third kappa shape index (κ3) is 2.38. The maximum absolute atomic E-state index is 12.0. The first kappa shape index (κ1) is 14.7. The van der Waals surface area contributed by atoms with Gasteiger partial charge in [-0.2, -0.15) is 5.26 Å². The van der Waals surface area contributed by atoms with Gasteiger partial charge in [-0.05, 0) is 38.0 Å². The largest absolute Gasteiger partial charge is 0.465 e. The number of rotatable bonds is 3. The van der Waals surface area contributed by atoms with Crippen molar-refractivity contribution < 1.29 is 19.0 Å².